The Morgan fingerprint density at radius 3 is 2.10 bits per heavy atom. The van der Waals surface area contributed by atoms with Crippen LogP contribution in [-0.4, -0.2) is 0 Å². The molecule has 53 valence electrons. The predicted molar refractivity (Wildman–Crippen MR) is 38.8 cm³/mol. The minimum absolute atomic E-state index is 0.398. The Morgan fingerprint density at radius 1 is 1.30 bits per heavy atom. The normalized spacial score (nSPS) is 16.3. The van der Waals surface area contributed by atoms with Gasteiger partial charge in [0.15, 0.2) is 5.79 Å². The smallest absolute Gasteiger partial charge is 0.185 e. The third-order valence-electron chi connectivity index (χ3n) is 1.25. The maximum absolute atomic E-state index is 12.8. The molecule has 0 aliphatic carbocycles. The number of nitrogens with two attached hydrogens (primary N) is 1. The van der Waals surface area contributed by atoms with E-state index in [0.29, 0.717) is 5.56 Å². The molecular weight excluding hydrogens is 129 g/mol. The van der Waals surface area contributed by atoms with Crippen LogP contribution in [0, 0.1) is 6.92 Å². The summed E-state index contributed by atoms with van der Waals surface area (Å²) < 4.78 is 12.8. The number of hydrogen-bond acceptors (Lipinski definition) is 1. The van der Waals surface area contributed by atoms with E-state index < -0.39 is 5.79 Å². The zero-order valence-electron chi connectivity index (χ0n) is 5.55. The van der Waals surface area contributed by atoms with E-state index in [1.54, 1.807) is 30.3 Å². The average Bonchev–Trinajstić information content (AvgIpc) is 1.88. The van der Waals surface area contributed by atoms with Crippen molar-refractivity contribution in [1.82, 2.24) is 0 Å². The van der Waals surface area contributed by atoms with Crippen LogP contribution in [0.4, 0.5) is 4.39 Å². The fourth-order valence-electron chi connectivity index (χ4n) is 0.715. The van der Waals surface area contributed by atoms with Gasteiger partial charge in [0, 0.05) is 12.5 Å². The highest BCUT2D eigenvalue weighted by Crippen LogP contribution is 2.16. The molecule has 0 aromatic heterocycles. The first-order valence-electron chi connectivity index (χ1n) is 2.99. The summed E-state index contributed by atoms with van der Waals surface area (Å²) >= 11 is 0. The lowest BCUT2D eigenvalue weighted by Gasteiger charge is -2.13. The van der Waals surface area contributed by atoms with Gasteiger partial charge in [-0.1, -0.05) is 30.3 Å². The molecule has 0 heterocycles. The third-order valence-corrected chi connectivity index (χ3v) is 1.25. The van der Waals surface area contributed by atoms with Gasteiger partial charge in [-0.3, -0.25) is 5.73 Å². The molecule has 0 saturated heterocycles. The van der Waals surface area contributed by atoms with Crippen molar-refractivity contribution < 1.29 is 4.39 Å². The number of hydrogen-bond donors (Lipinski definition) is 1. The van der Waals surface area contributed by atoms with Crippen LogP contribution in [0.3, 0.4) is 0 Å². The Hall–Kier alpha value is -0.890. The maximum atomic E-state index is 12.8. The van der Waals surface area contributed by atoms with Gasteiger partial charge in [-0.05, 0) is 0 Å². The van der Waals surface area contributed by atoms with E-state index >= 15 is 0 Å². The average molecular weight is 138 g/mol. The van der Waals surface area contributed by atoms with Gasteiger partial charge >= 0.3 is 0 Å². The minimum Gasteiger partial charge on any atom is -0.295 e. The summed E-state index contributed by atoms with van der Waals surface area (Å²) in [5.41, 5.74) is 5.48. The van der Waals surface area contributed by atoms with Crippen molar-refractivity contribution in [3.63, 3.8) is 0 Å². The number of halogens is 1. The maximum Gasteiger partial charge on any atom is 0.185 e. The molecule has 0 amide bonds. The topological polar surface area (TPSA) is 26.0 Å². The van der Waals surface area contributed by atoms with Crippen LogP contribution in [0.1, 0.15) is 5.56 Å². The quantitative estimate of drug-likeness (QED) is 0.586. The van der Waals surface area contributed by atoms with E-state index in [9.17, 15) is 4.39 Å². The highest BCUT2D eigenvalue weighted by atomic mass is 19.1. The summed E-state index contributed by atoms with van der Waals surface area (Å²) in [6.07, 6.45) is 0. The standard InChI is InChI=1S/C8H9FN/c1-8(9,10)7-5-3-2-4-6-7/h2-6H,1,10H2. The van der Waals surface area contributed by atoms with Crippen LogP contribution in [-0.2, 0) is 5.79 Å². The molecule has 1 radical (unpaired) electrons. The monoisotopic (exact) mass is 138 g/mol. The molecule has 1 aromatic rings. The van der Waals surface area contributed by atoms with E-state index in [2.05, 4.69) is 6.92 Å². The molecule has 1 unspecified atom stereocenters. The summed E-state index contributed by atoms with van der Waals surface area (Å²) in [4.78, 5) is 0. The molecule has 0 fully saturated rings. The fraction of sp³-hybridized carbons (Fsp3) is 0.125. The Balaban J connectivity index is 2.97. The first-order chi connectivity index (χ1) is 4.61. The lowest BCUT2D eigenvalue weighted by atomic mass is 10.1. The summed E-state index contributed by atoms with van der Waals surface area (Å²) in [6.45, 7) is 3.15. The molecule has 1 atom stereocenters. The lowest BCUT2D eigenvalue weighted by Crippen LogP contribution is -2.26. The molecule has 1 rings (SSSR count). The molecule has 10 heavy (non-hydrogen) atoms. The zero-order chi connectivity index (χ0) is 7.61. The van der Waals surface area contributed by atoms with Gasteiger partial charge < -0.3 is 0 Å². The highest BCUT2D eigenvalue weighted by molar-refractivity contribution is 5.21. The van der Waals surface area contributed by atoms with Gasteiger partial charge in [0.05, 0.1) is 0 Å². The Labute approximate surface area is 59.7 Å². The van der Waals surface area contributed by atoms with Crippen molar-refractivity contribution in [2.75, 3.05) is 0 Å². The zero-order valence-corrected chi connectivity index (χ0v) is 5.55. The number of alkyl halides is 1. The molecule has 0 saturated carbocycles. The highest BCUT2D eigenvalue weighted by Gasteiger charge is 2.17. The molecule has 2 N–H and O–H groups in total. The summed E-state index contributed by atoms with van der Waals surface area (Å²) in [5.74, 6) is -1.96. The van der Waals surface area contributed by atoms with Crippen molar-refractivity contribution in [1.29, 1.82) is 0 Å². The van der Waals surface area contributed by atoms with Gasteiger partial charge in [-0.25, -0.2) is 4.39 Å². The Morgan fingerprint density at radius 2 is 1.80 bits per heavy atom. The van der Waals surface area contributed by atoms with Crippen LogP contribution >= 0.6 is 0 Å². The molecule has 2 heteroatoms. The molecule has 0 aliphatic heterocycles. The van der Waals surface area contributed by atoms with Crippen molar-refractivity contribution in [3.05, 3.63) is 42.8 Å². The van der Waals surface area contributed by atoms with E-state index in [4.69, 9.17) is 5.73 Å². The van der Waals surface area contributed by atoms with E-state index in [1.807, 2.05) is 0 Å². The molecule has 1 aromatic carbocycles. The first-order valence-corrected chi connectivity index (χ1v) is 2.99. The Bertz CT molecular complexity index is 200. The second-order valence-corrected chi connectivity index (χ2v) is 2.23. The molecule has 0 spiro atoms. The van der Waals surface area contributed by atoms with Gasteiger partial charge in [0.2, 0.25) is 0 Å². The largest absolute Gasteiger partial charge is 0.295 e. The van der Waals surface area contributed by atoms with Crippen LogP contribution in [0.5, 0.6) is 0 Å². The SMILES string of the molecule is [CH2]C(N)(F)c1ccccc1. The van der Waals surface area contributed by atoms with Crippen LogP contribution < -0.4 is 5.73 Å². The molecular formula is C8H9FN. The number of benzene rings is 1. The van der Waals surface area contributed by atoms with Crippen LogP contribution in [0.15, 0.2) is 30.3 Å². The van der Waals surface area contributed by atoms with Crippen LogP contribution in [0.25, 0.3) is 0 Å². The van der Waals surface area contributed by atoms with Crippen molar-refractivity contribution in [3.8, 4) is 0 Å². The van der Waals surface area contributed by atoms with E-state index in [1.165, 1.54) is 0 Å². The fourth-order valence-corrected chi connectivity index (χ4v) is 0.715. The summed E-state index contributed by atoms with van der Waals surface area (Å²) in [7, 11) is 0. The second-order valence-electron chi connectivity index (χ2n) is 2.23. The molecule has 0 bridgehead atoms. The van der Waals surface area contributed by atoms with Gasteiger partial charge in [-0.2, -0.15) is 0 Å². The second kappa shape index (κ2) is 2.39. The molecule has 0 aliphatic rings. The van der Waals surface area contributed by atoms with E-state index in [0.717, 1.165) is 0 Å². The van der Waals surface area contributed by atoms with Gasteiger partial charge in [-0.15, -0.1) is 0 Å². The summed E-state index contributed by atoms with van der Waals surface area (Å²) in [5, 5.41) is 0. The lowest BCUT2D eigenvalue weighted by molar-refractivity contribution is 0.241. The van der Waals surface area contributed by atoms with Gasteiger partial charge in [0.1, 0.15) is 0 Å². The Kier molecular flexibility index (Phi) is 1.72. The predicted octanol–water partition coefficient (Wildman–Crippen LogP) is 1.60. The van der Waals surface area contributed by atoms with Crippen LogP contribution in [0.2, 0.25) is 0 Å². The number of rotatable bonds is 1. The van der Waals surface area contributed by atoms with Crippen molar-refractivity contribution in [2.45, 2.75) is 5.79 Å². The van der Waals surface area contributed by atoms with E-state index in [-0.39, 0.29) is 0 Å². The third kappa shape index (κ3) is 1.54. The van der Waals surface area contributed by atoms with Crippen molar-refractivity contribution >= 4 is 0 Å². The summed E-state index contributed by atoms with van der Waals surface area (Å²) in [6, 6.07) is 8.46. The first kappa shape index (κ1) is 7.22. The molecule has 1 nitrogen and oxygen atoms in total. The minimum atomic E-state index is -1.96. The van der Waals surface area contributed by atoms with Crippen molar-refractivity contribution in [2.24, 2.45) is 5.73 Å². The van der Waals surface area contributed by atoms with Gasteiger partial charge in [0.25, 0.3) is 0 Å².